The molecule has 0 aliphatic rings. The minimum atomic E-state index is -0.381. The normalized spacial score (nSPS) is 10.8. The summed E-state index contributed by atoms with van der Waals surface area (Å²) in [6.45, 7) is 1.51. The minimum absolute atomic E-state index is 0.173. The van der Waals surface area contributed by atoms with E-state index in [2.05, 4.69) is 15.6 Å². The van der Waals surface area contributed by atoms with E-state index < -0.39 is 0 Å². The second-order valence-corrected chi connectivity index (χ2v) is 5.69. The van der Waals surface area contributed by atoms with E-state index in [1.807, 2.05) is 6.07 Å². The van der Waals surface area contributed by atoms with Gasteiger partial charge in [-0.15, -0.1) is 0 Å². The van der Waals surface area contributed by atoms with Gasteiger partial charge in [0.15, 0.2) is 0 Å². The summed E-state index contributed by atoms with van der Waals surface area (Å²) in [6.07, 6.45) is 1.43. The first kappa shape index (κ1) is 16.1. The molecule has 8 heteroatoms. The van der Waals surface area contributed by atoms with Crippen molar-refractivity contribution in [1.82, 2.24) is 14.9 Å². The van der Waals surface area contributed by atoms with Crippen molar-refractivity contribution >= 4 is 40.4 Å². The molecule has 0 aliphatic heterocycles. The molecule has 0 bridgehead atoms. The van der Waals surface area contributed by atoms with Crippen LogP contribution >= 0.6 is 11.6 Å². The summed E-state index contributed by atoms with van der Waals surface area (Å²) in [5, 5.41) is 5.78. The van der Waals surface area contributed by atoms with Gasteiger partial charge in [-0.1, -0.05) is 11.6 Å². The fourth-order valence-corrected chi connectivity index (χ4v) is 2.50. The SMILES string of the molecule is Cc1occc1C(=O)NCC(=O)Nc1nc2cc(Cl)ccc2n1C. The standard InChI is InChI=1S/C16H15ClN4O3/c1-9-11(5-6-24-9)15(23)18-8-14(22)20-16-19-12-7-10(17)3-4-13(12)21(16)2/h3-7H,8H2,1-2H3,(H,18,23)(H,19,20,22). The van der Waals surface area contributed by atoms with Gasteiger partial charge in [0.1, 0.15) is 5.76 Å². The second-order valence-electron chi connectivity index (χ2n) is 5.25. The van der Waals surface area contributed by atoms with Gasteiger partial charge >= 0.3 is 0 Å². The minimum Gasteiger partial charge on any atom is -0.469 e. The van der Waals surface area contributed by atoms with Crippen LogP contribution in [0.25, 0.3) is 11.0 Å². The molecule has 0 saturated carbocycles. The average molecular weight is 347 g/mol. The number of anilines is 1. The van der Waals surface area contributed by atoms with Gasteiger partial charge in [-0.25, -0.2) is 4.98 Å². The Balaban J connectivity index is 1.66. The molecule has 2 amide bonds. The van der Waals surface area contributed by atoms with Crippen LogP contribution < -0.4 is 10.6 Å². The molecule has 2 N–H and O–H groups in total. The predicted molar refractivity (Wildman–Crippen MR) is 90.1 cm³/mol. The van der Waals surface area contributed by atoms with Crippen LogP contribution in [0.2, 0.25) is 5.02 Å². The highest BCUT2D eigenvalue weighted by molar-refractivity contribution is 6.31. The third kappa shape index (κ3) is 3.11. The zero-order valence-corrected chi connectivity index (χ0v) is 13.8. The maximum absolute atomic E-state index is 12.0. The molecule has 1 aromatic carbocycles. The number of rotatable bonds is 4. The number of aryl methyl sites for hydroxylation is 2. The summed E-state index contributed by atoms with van der Waals surface area (Å²) in [4.78, 5) is 28.3. The van der Waals surface area contributed by atoms with Crippen molar-refractivity contribution < 1.29 is 14.0 Å². The lowest BCUT2D eigenvalue weighted by atomic mass is 10.2. The van der Waals surface area contributed by atoms with Crippen LogP contribution in [0, 0.1) is 6.92 Å². The summed E-state index contributed by atoms with van der Waals surface area (Å²) >= 11 is 5.94. The van der Waals surface area contributed by atoms with Crippen LogP contribution in [0.5, 0.6) is 0 Å². The zero-order chi connectivity index (χ0) is 17.3. The Labute approximate surface area is 142 Å². The molecular formula is C16H15ClN4O3. The number of nitrogens with zero attached hydrogens (tertiary/aromatic N) is 2. The van der Waals surface area contributed by atoms with E-state index in [9.17, 15) is 9.59 Å². The average Bonchev–Trinajstić information content (AvgIpc) is 3.09. The Bertz CT molecular complexity index is 929. The van der Waals surface area contributed by atoms with E-state index in [0.717, 1.165) is 5.52 Å². The Hall–Kier alpha value is -2.80. The Morgan fingerprint density at radius 1 is 1.33 bits per heavy atom. The molecule has 7 nitrogen and oxygen atoms in total. The van der Waals surface area contributed by atoms with Crippen LogP contribution in [0.1, 0.15) is 16.1 Å². The van der Waals surface area contributed by atoms with Gasteiger partial charge in [0, 0.05) is 12.1 Å². The number of carbonyl (C=O) groups is 2. The fraction of sp³-hybridized carbons (Fsp3) is 0.188. The van der Waals surface area contributed by atoms with Crippen LogP contribution in [-0.2, 0) is 11.8 Å². The number of imidazole rings is 1. The fourth-order valence-electron chi connectivity index (χ4n) is 2.33. The molecule has 2 aromatic heterocycles. The third-order valence-corrected chi connectivity index (χ3v) is 3.84. The topological polar surface area (TPSA) is 89.2 Å². The lowest BCUT2D eigenvalue weighted by molar-refractivity contribution is -0.115. The molecule has 2 heterocycles. The first-order valence-corrected chi connectivity index (χ1v) is 7.57. The lowest BCUT2D eigenvalue weighted by Crippen LogP contribution is -2.33. The number of halogens is 1. The molecule has 0 fully saturated rings. The quantitative estimate of drug-likeness (QED) is 0.759. The summed E-state index contributed by atoms with van der Waals surface area (Å²) in [5.41, 5.74) is 1.92. The highest BCUT2D eigenvalue weighted by Crippen LogP contribution is 2.21. The molecule has 0 spiro atoms. The summed E-state index contributed by atoms with van der Waals surface area (Å²) < 4.78 is 6.80. The Morgan fingerprint density at radius 2 is 2.12 bits per heavy atom. The molecule has 0 radical (unpaired) electrons. The largest absolute Gasteiger partial charge is 0.469 e. The molecule has 0 aliphatic carbocycles. The van der Waals surface area contributed by atoms with Crippen LogP contribution in [-0.4, -0.2) is 27.9 Å². The highest BCUT2D eigenvalue weighted by atomic mass is 35.5. The molecule has 124 valence electrons. The summed E-state index contributed by atoms with van der Waals surface area (Å²) in [7, 11) is 1.78. The number of nitrogens with one attached hydrogen (secondary N) is 2. The van der Waals surface area contributed by atoms with E-state index in [1.165, 1.54) is 6.26 Å². The summed E-state index contributed by atoms with van der Waals surface area (Å²) in [6, 6.07) is 6.85. The van der Waals surface area contributed by atoms with Crippen molar-refractivity contribution in [1.29, 1.82) is 0 Å². The maximum Gasteiger partial charge on any atom is 0.255 e. The van der Waals surface area contributed by atoms with E-state index in [0.29, 0.717) is 27.8 Å². The van der Waals surface area contributed by atoms with Gasteiger partial charge in [-0.05, 0) is 31.2 Å². The molecular weight excluding hydrogens is 332 g/mol. The number of benzene rings is 1. The molecule has 0 unspecified atom stereocenters. The van der Waals surface area contributed by atoms with E-state index >= 15 is 0 Å². The van der Waals surface area contributed by atoms with Crippen molar-refractivity contribution in [2.75, 3.05) is 11.9 Å². The Kier molecular flexibility index (Phi) is 4.26. The van der Waals surface area contributed by atoms with Gasteiger partial charge in [0.25, 0.3) is 5.91 Å². The Morgan fingerprint density at radius 3 is 2.83 bits per heavy atom. The lowest BCUT2D eigenvalue weighted by Gasteiger charge is -2.06. The van der Waals surface area contributed by atoms with Gasteiger partial charge in [-0.3, -0.25) is 14.9 Å². The highest BCUT2D eigenvalue weighted by Gasteiger charge is 2.14. The summed E-state index contributed by atoms with van der Waals surface area (Å²) in [5.74, 6) is 0.133. The van der Waals surface area contributed by atoms with Crippen molar-refractivity contribution in [3.05, 3.63) is 46.9 Å². The number of hydrogen-bond donors (Lipinski definition) is 2. The smallest absolute Gasteiger partial charge is 0.255 e. The molecule has 24 heavy (non-hydrogen) atoms. The van der Waals surface area contributed by atoms with Gasteiger partial charge in [0.05, 0.1) is 29.4 Å². The zero-order valence-electron chi connectivity index (χ0n) is 13.1. The van der Waals surface area contributed by atoms with Crippen LogP contribution in [0.3, 0.4) is 0 Å². The number of amides is 2. The predicted octanol–water partition coefficient (Wildman–Crippen LogP) is 2.50. The third-order valence-electron chi connectivity index (χ3n) is 3.61. The van der Waals surface area contributed by atoms with Crippen molar-refractivity contribution in [3.8, 4) is 0 Å². The number of furan rings is 1. The van der Waals surface area contributed by atoms with E-state index in [1.54, 1.807) is 36.7 Å². The van der Waals surface area contributed by atoms with E-state index in [-0.39, 0.29) is 18.4 Å². The number of carbonyl (C=O) groups excluding carboxylic acids is 2. The van der Waals surface area contributed by atoms with E-state index in [4.69, 9.17) is 16.0 Å². The van der Waals surface area contributed by atoms with Gasteiger partial charge in [-0.2, -0.15) is 0 Å². The van der Waals surface area contributed by atoms with Crippen molar-refractivity contribution in [2.24, 2.45) is 7.05 Å². The molecule has 3 aromatic rings. The number of fused-ring (bicyclic) bond motifs is 1. The van der Waals surface area contributed by atoms with Gasteiger partial charge < -0.3 is 14.3 Å². The number of aromatic nitrogens is 2. The first-order chi connectivity index (χ1) is 11.5. The van der Waals surface area contributed by atoms with Crippen LogP contribution in [0.4, 0.5) is 5.95 Å². The monoisotopic (exact) mass is 346 g/mol. The number of hydrogen-bond acceptors (Lipinski definition) is 4. The van der Waals surface area contributed by atoms with Gasteiger partial charge in [0.2, 0.25) is 11.9 Å². The van der Waals surface area contributed by atoms with Crippen LogP contribution in [0.15, 0.2) is 34.9 Å². The molecule has 0 atom stereocenters. The second kappa shape index (κ2) is 6.37. The molecule has 0 saturated heterocycles. The van der Waals surface area contributed by atoms with Crippen molar-refractivity contribution in [2.45, 2.75) is 6.92 Å². The molecule has 3 rings (SSSR count). The first-order valence-electron chi connectivity index (χ1n) is 7.20. The maximum atomic E-state index is 12.0. The van der Waals surface area contributed by atoms with Crippen molar-refractivity contribution in [3.63, 3.8) is 0 Å².